The standard InChI is InChI=1S/C9H18O3/c1-8(5-6-11-7-10)12-9(2,3)4/h7-8H,5-6H2,1-4H3. The molecule has 0 amide bonds. The highest BCUT2D eigenvalue weighted by Crippen LogP contribution is 2.12. The van der Waals surface area contributed by atoms with Crippen LogP contribution in [0.5, 0.6) is 0 Å². The molecule has 3 nitrogen and oxygen atoms in total. The van der Waals surface area contributed by atoms with Gasteiger partial charge in [-0.2, -0.15) is 0 Å². The predicted octanol–water partition coefficient (Wildman–Crippen LogP) is 1.75. The summed E-state index contributed by atoms with van der Waals surface area (Å²) in [7, 11) is 0. The smallest absolute Gasteiger partial charge is 0.293 e. The quantitative estimate of drug-likeness (QED) is 0.470. The molecule has 0 aromatic heterocycles. The third-order valence-electron chi connectivity index (χ3n) is 1.27. The van der Waals surface area contributed by atoms with Gasteiger partial charge in [0.1, 0.15) is 0 Å². The Kier molecular flexibility index (Phi) is 4.90. The second kappa shape index (κ2) is 5.14. The summed E-state index contributed by atoms with van der Waals surface area (Å²) in [5.74, 6) is 0. The average molecular weight is 174 g/mol. The van der Waals surface area contributed by atoms with Crippen molar-refractivity contribution in [3.8, 4) is 0 Å². The van der Waals surface area contributed by atoms with Gasteiger partial charge >= 0.3 is 0 Å². The summed E-state index contributed by atoms with van der Waals surface area (Å²) < 4.78 is 10.1. The number of carbonyl (C=O) groups excluding carboxylic acids is 1. The van der Waals surface area contributed by atoms with Gasteiger partial charge in [0.15, 0.2) is 0 Å². The van der Waals surface area contributed by atoms with Gasteiger partial charge in [0.2, 0.25) is 0 Å². The van der Waals surface area contributed by atoms with E-state index in [4.69, 9.17) is 4.74 Å². The Morgan fingerprint density at radius 3 is 2.42 bits per heavy atom. The Hall–Kier alpha value is -0.570. The van der Waals surface area contributed by atoms with Crippen LogP contribution in [-0.4, -0.2) is 24.8 Å². The average Bonchev–Trinajstić information content (AvgIpc) is 1.84. The lowest BCUT2D eigenvalue weighted by Crippen LogP contribution is -2.26. The molecule has 0 rings (SSSR count). The van der Waals surface area contributed by atoms with Crippen LogP contribution in [0.3, 0.4) is 0 Å². The summed E-state index contributed by atoms with van der Waals surface area (Å²) in [6.45, 7) is 8.88. The molecule has 1 atom stereocenters. The van der Waals surface area contributed by atoms with Crippen LogP contribution in [0.2, 0.25) is 0 Å². The van der Waals surface area contributed by atoms with Gasteiger partial charge in [-0.25, -0.2) is 0 Å². The summed E-state index contributed by atoms with van der Waals surface area (Å²) in [5, 5.41) is 0. The van der Waals surface area contributed by atoms with Crippen molar-refractivity contribution in [2.24, 2.45) is 0 Å². The van der Waals surface area contributed by atoms with E-state index >= 15 is 0 Å². The molecule has 0 aliphatic rings. The van der Waals surface area contributed by atoms with E-state index in [1.165, 1.54) is 0 Å². The van der Waals surface area contributed by atoms with E-state index in [1.54, 1.807) is 0 Å². The second-order valence-electron chi connectivity index (χ2n) is 3.80. The fraction of sp³-hybridized carbons (Fsp3) is 0.889. The van der Waals surface area contributed by atoms with Crippen molar-refractivity contribution in [2.75, 3.05) is 6.61 Å². The summed E-state index contributed by atoms with van der Waals surface area (Å²) in [4.78, 5) is 9.81. The molecule has 0 fully saturated rings. The molecule has 0 aromatic rings. The van der Waals surface area contributed by atoms with Gasteiger partial charge in [-0.05, 0) is 27.7 Å². The van der Waals surface area contributed by atoms with Crippen LogP contribution >= 0.6 is 0 Å². The van der Waals surface area contributed by atoms with E-state index in [-0.39, 0.29) is 11.7 Å². The van der Waals surface area contributed by atoms with Crippen LogP contribution in [0.1, 0.15) is 34.1 Å². The SMILES string of the molecule is CC(CCOC=O)OC(C)(C)C. The predicted molar refractivity (Wildman–Crippen MR) is 46.9 cm³/mol. The Morgan fingerprint density at radius 2 is 2.00 bits per heavy atom. The van der Waals surface area contributed by atoms with Crippen molar-refractivity contribution in [2.45, 2.75) is 45.8 Å². The maximum Gasteiger partial charge on any atom is 0.293 e. The first-order valence-electron chi connectivity index (χ1n) is 4.19. The molecule has 0 bridgehead atoms. The van der Waals surface area contributed by atoms with Crippen molar-refractivity contribution >= 4 is 6.47 Å². The number of carbonyl (C=O) groups is 1. The molecule has 0 saturated carbocycles. The van der Waals surface area contributed by atoms with Gasteiger partial charge in [-0.1, -0.05) is 0 Å². The van der Waals surface area contributed by atoms with E-state index in [0.717, 1.165) is 6.42 Å². The zero-order valence-corrected chi connectivity index (χ0v) is 8.29. The minimum absolute atomic E-state index is 0.124. The first kappa shape index (κ1) is 11.4. The molecule has 0 N–H and O–H groups in total. The van der Waals surface area contributed by atoms with Gasteiger partial charge in [-0.3, -0.25) is 4.79 Å². The van der Waals surface area contributed by atoms with Crippen molar-refractivity contribution in [1.82, 2.24) is 0 Å². The van der Waals surface area contributed by atoms with Gasteiger partial charge in [-0.15, -0.1) is 0 Å². The first-order valence-corrected chi connectivity index (χ1v) is 4.19. The maximum atomic E-state index is 9.81. The van der Waals surface area contributed by atoms with E-state index in [2.05, 4.69) is 4.74 Å². The maximum absolute atomic E-state index is 9.81. The van der Waals surface area contributed by atoms with Crippen LogP contribution in [0.4, 0.5) is 0 Å². The Labute approximate surface area is 74.0 Å². The molecule has 12 heavy (non-hydrogen) atoms. The number of hydrogen-bond donors (Lipinski definition) is 0. The molecular formula is C9H18O3. The fourth-order valence-corrected chi connectivity index (χ4v) is 0.945. The monoisotopic (exact) mass is 174 g/mol. The van der Waals surface area contributed by atoms with Gasteiger partial charge < -0.3 is 9.47 Å². The summed E-state index contributed by atoms with van der Waals surface area (Å²) in [6, 6.07) is 0. The molecule has 0 aliphatic carbocycles. The summed E-state index contributed by atoms with van der Waals surface area (Å²) in [6.07, 6.45) is 0.876. The van der Waals surface area contributed by atoms with E-state index in [0.29, 0.717) is 13.1 Å². The van der Waals surface area contributed by atoms with Crippen LogP contribution < -0.4 is 0 Å². The minimum Gasteiger partial charge on any atom is -0.468 e. The van der Waals surface area contributed by atoms with E-state index < -0.39 is 0 Å². The first-order chi connectivity index (χ1) is 5.45. The van der Waals surface area contributed by atoms with Crippen LogP contribution in [0, 0.1) is 0 Å². The molecule has 0 aromatic carbocycles. The highest BCUT2D eigenvalue weighted by atomic mass is 16.5. The molecule has 0 aliphatic heterocycles. The van der Waals surface area contributed by atoms with Crippen molar-refractivity contribution in [3.63, 3.8) is 0 Å². The van der Waals surface area contributed by atoms with Gasteiger partial charge in [0.25, 0.3) is 6.47 Å². The van der Waals surface area contributed by atoms with Gasteiger partial charge in [0.05, 0.1) is 18.3 Å². The largest absolute Gasteiger partial charge is 0.468 e. The normalized spacial score (nSPS) is 14.0. The fourth-order valence-electron chi connectivity index (χ4n) is 0.945. The van der Waals surface area contributed by atoms with Gasteiger partial charge in [0, 0.05) is 6.42 Å². The number of ether oxygens (including phenoxy) is 2. The van der Waals surface area contributed by atoms with Crippen LogP contribution in [-0.2, 0) is 14.3 Å². The van der Waals surface area contributed by atoms with Crippen LogP contribution in [0.25, 0.3) is 0 Å². The molecule has 3 heteroatoms. The lowest BCUT2D eigenvalue weighted by Gasteiger charge is -2.24. The van der Waals surface area contributed by atoms with Crippen molar-refractivity contribution in [3.05, 3.63) is 0 Å². The summed E-state index contributed by atoms with van der Waals surface area (Å²) >= 11 is 0. The van der Waals surface area contributed by atoms with Crippen molar-refractivity contribution < 1.29 is 14.3 Å². The molecular weight excluding hydrogens is 156 g/mol. The van der Waals surface area contributed by atoms with Crippen molar-refractivity contribution in [1.29, 1.82) is 0 Å². The van der Waals surface area contributed by atoms with E-state index in [9.17, 15) is 4.79 Å². The lowest BCUT2D eigenvalue weighted by molar-refractivity contribution is -0.130. The second-order valence-corrected chi connectivity index (χ2v) is 3.80. The Balaban J connectivity index is 3.46. The Morgan fingerprint density at radius 1 is 1.42 bits per heavy atom. The molecule has 72 valence electrons. The zero-order valence-electron chi connectivity index (χ0n) is 8.29. The molecule has 0 saturated heterocycles. The lowest BCUT2D eigenvalue weighted by atomic mass is 10.1. The Bertz CT molecular complexity index is 126. The zero-order chi connectivity index (χ0) is 9.61. The van der Waals surface area contributed by atoms with E-state index in [1.807, 2.05) is 27.7 Å². The molecule has 0 spiro atoms. The third-order valence-corrected chi connectivity index (χ3v) is 1.27. The highest BCUT2D eigenvalue weighted by Gasteiger charge is 2.14. The number of rotatable bonds is 5. The highest BCUT2D eigenvalue weighted by molar-refractivity contribution is 5.36. The topological polar surface area (TPSA) is 35.5 Å². The summed E-state index contributed by atoms with van der Waals surface area (Å²) in [5.41, 5.74) is -0.124. The molecule has 1 unspecified atom stereocenters. The van der Waals surface area contributed by atoms with Crippen LogP contribution in [0.15, 0.2) is 0 Å². The third kappa shape index (κ3) is 7.54. The molecule has 0 radical (unpaired) electrons. The number of hydrogen-bond acceptors (Lipinski definition) is 3. The minimum atomic E-state index is -0.124. The molecule has 0 heterocycles.